The molecule has 0 saturated carbocycles. The Balaban J connectivity index is 1.71. The van der Waals surface area contributed by atoms with E-state index < -0.39 is 6.10 Å². The van der Waals surface area contributed by atoms with Gasteiger partial charge in [0.25, 0.3) is 0 Å². The van der Waals surface area contributed by atoms with Gasteiger partial charge in [-0.25, -0.2) is 4.98 Å². The monoisotopic (exact) mass is 394 g/mol. The molecule has 0 radical (unpaired) electrons. The van der Waals surface area contributed by atoms with E-state index in [1.54, 1.807) is 11.3 Å². The zero-order valence-electron chi connectivity index (χ0n) is 16.5. The highest BCUT2D eigenvalue weighted by atomic mass is 32.1. The molecule has 3 unspecified atom stereocenters. The van der Waals surface area contributed by atoms with E-state index in [1.165, 1.54) is 10.4 Å². The number of aliphatic hydroxyl groups excluding tert-OH is 1. The number of nitrogens with zero attached hydrogens (tertiary/aromatic N) is 1. The van der Waals surface area contributed by atoms with Crippen molar-refractivity contribution >= 4 is 11.3 Å². The van der Waals surface area contributed by atoms with Crippen molar-refractivity contribution in [2.75, 3.05) is 0 Å². The number of nitrogens with two attached hydrogens (primary N) is 1. The van der Waals surface area contributed by atoms with Crippen LogP contribution in [0, 0.1) is 0 Å². The van der Waals surface area contributed by atoms with Crippen LogP contribution in [0.3, 0.4) is 0 Å². The van der Waals surface area contributed by atoms with Crippen LogP contribution in [-0.2, 0) is 19.3 Å². The highest BCUT2D eigenvalue weighted by molar-refractivity contribution is 7.11. The highest BCUT2D eigenvalue weighted by Crippen LogP contribution is 2.30. The molecule has 3 aromatic rings. The second-order valence-electron chi connectivity index (χ2n) is 7.46. The number of aliphatic hydroxyl groups is 1. The molecule has 2 aromatic carbocycles. The van der Waals surface area contributed by atoms with Crippen molar-refractivity contribution in [1.29, 1.82) is 0 Å². The summed E-state index contributed by atoms with van der Waals surface area (Å²) in [6, 6.07) is 20.3. The van der Waals surface area contributed by atoms with Crippen LogP contribution in [0.2, 0.25) is 0 Å². The first kappa shape index (κ1) is 20.7. The predicted octanol–water partition coefficient (Wildman–Crippen LogP) is 4.74. The molecule has 3 N–H and O–H groups in total. The first-order chi connectivity index (χ1) is 13.7. The molecule has 0 aliphatic heterocycles. The molecule has 0 aliphatic carbocycles. The van der Waals surface area contributed by atoms with E-state index >= 15 is 0 Å². The van der Waals surface area contributed by atoms with E-state index in [0.29, 0.717) is 12.8 Å². The van der Waals surface area contributed by atoms with Gasteiger partial charge in [0.2, 0.25) is 0 Å². The molecule has 1 heterocycles. The van der Waals surface area contributed by atoms with Gasteiger partial charge in [-0.05, 0) is 36.8 Å². The molecule has 28 heavy (non-hydrogen) atoms. The first-order valence-corrected chi connectivity index (χ1v) is 10.9. The zero-order chi connectivity index (χ0) is 19.8. The summed E-state index contributed by atoms with van der Waals surface area (Å²) < 4.78 is 0. The Kier molecular flexibility index (Phi) is 7.78. The van der Waals surface area contributed by atoms with Crippen LogP contribution in [0.5, 0.6) is 0 Å². The largest absolute Gasteiger partial charge is 0.391 e. The third-order valence-corrected chi connectivity index (χ3v) is 6.30. The SMILES string of the molecule is CCCc1cnc(C(Cc2ccccc2)CC(O)C(N)Cc2ccccc2)s1. The minimum Gasteiger partial charge on any atom is -0.391 e. The molecule has 0 bridgehead atoms. The van der Waals surface area contributed by atoms with Crippen LogP contribution >= 0.6 is 11.3 Å². The van der Waals surface area contributed by atoms with Gasteiger partial charge in [0.15, 0.2) is 0 Å². The molecule has 3 rings (SSSR count). The number of aromatic nitrogens is 1. The molecule has 0 amide bonds. The molecule has 0 fully saturated rings. The summed E-state index contributed by atoms with van der Waals surface area (Å²) in [5.74, 6) is 0.176. The lowest BCUT2D eigenvalue weighted by atomic mass is 9.90. The standard InChI is InChI=1S/C24H30N2OS/c1-2-9-21-17-26-24(28-21)20(14-18-10-5-3-6-11-18)16-23(27)22(25)15-19-12-7-4-8-13-19/h3-8,10-13,17,20,22-23,27H,2,9,14-16,25H2,1H3. The van der Waals surface area contributed by atoms with Crippen molar-refractivity contribution in [2.24, 2.45) is 5.73 Å². The number of rotatable bonds is 10. The Hall–Kier alpha value is -2.01. The number of benzene rings is 2. The van der Waals surface area contributed by atoms with Gasteiger partial charge in [0.05, 0.1) is 11.1 Å². The Morgan fingerprint density at radius 3 is 2.18 bits per heavy atom. The first-order valence-electron chi connectivity index (χ1n) is 10.1. The Bertz CT molecular complexity index is 819. The summed E-state index contributed by atoms with van der Waals surface area (Å²) in [4.78, 5) is 6.01. The van der Waals surface area contributed by atoms with E-state index in [-0.39, 0.29) is 12.0 Å². The lowest BCUT2D eigenvalue weighted by Crippen LogP contribution is -2.37. The Labute approximate surface area is 172 Å². The number of hydrogen-bond acceptors (Lipinski definition) is 4. The van der Waals surface area contributed by atoms with Gasteiger partial charge >= 0.3 is 0 Å². The summed E-state index contributed by atoms with van der Waals surface area (Å²) in [7, 11) is 0. The predicted molar refractivity (Wildman–Crippen MR) is 118 cm³/mol. The molecule has 3 nitrogen and oxygen atoms in total. The molecule has 0 aliphatic rings. The van der Waals surface area contributed by atoms with E-state index in [4.69, 9.17) is 10.7 Å². The van der Waals surface area contributed by atoms with Crippen LogP contribution in [0.1, 0.15) is 46.7 Å². The summed E-state index contributed by atoms with van der Waals surface area (Å²) in [5.41, 5.74) is 8.78. The van der Waals surface area contributed by atoms with Gasteiger partial charge in [0, 0.05) is 23.0 Å². The van der Waals surface area contributed by atoms with Crippen LogP contribution in [0.25, 0.3) is 0 Å². The zero-order valence-corrected chi connectivity index (χ0v) is 17.3. The average Bonchev–Trinajstić information content (AvgIpc) is 3.18. The van der Waals surface area contributed by atoms with Gasteiger partial charge in [-0.15, -0.1) is 11.3 Å². The van der Waals surface area contributed by atoms with Crippen LogP contribution < -0.4 is 5.73 Å². The molecule has 1 aromatic heterocycles. The van der Waals surface area contributed by atoms with Gasteiger partial charge in [-0.2, -0.15) is 0 Å². The molecule has 4 heteroatoms. The topological polar surface area (TPSA) is 59.1 Å². The summed E-state index contributed by atoms with van der Waals surface area (Å²) in [5, 5.41) is 12.0. The molecule has 0 saturated heterocycles. The van der Waals surface area contributed by atoms with Crippen LogP contribution in [0.4, 0.5) is 0 Å². The third kappa shape index (κ3) is 5.99. The minimum absolute atomic E-state index is 0.176. The summed E-state index contributed by atoms with van der Waals surface area (Å²) in [6.07, 6.45) is 5.79. The van der Waals surface area contributed by atoms with Gasteiger partial charge in [-0.3, -0.25) is 0 Å². The maximum atomic E-state index is 10.9. The van der Waals surface area contributed by atoms with Crippen molar-refractivity contribution in [1.82, 2.24) is 4.98 Å². The smallest absolute Gasteiger partial charge is 0.0962 e. The van der Waals surface area contributed by atoms with Gasteiger partial charge in [0.1, 0.15) is 0 Å². The quantitative estimate of drug-likeness (QED) is 0.522. The fourth-order valence-electron chi connectivity index (χ4n) is 3.53. The van der Waals surface area contributed by atoms with Crippen molar-refractivity contribution in [3.8, 4) is 0 Å². The Morgan fingerprint density at radius 2 is 1.57 bits per heavy atom. The van der Waals surface area contributed by atoms with Crippen molar-refractivity contribution in [3.05, 3.63) is 87.9 Å². The average molecular weight is 395 g/mol. The summed E-state index contributed by atoms with van der Waals surface area (Å²) in [6.45, 7) is 2.19. The number of aryl methyl sites for hydroxylation is 1. The molecule has 148 valence electrons. The van der Waals surface area contributed by atoms with E-state index in [1.807, 2.05) is 30.5 Å². The lowest BCUT2D eigenvalue weighted by molar-refractivity contribution is 0.126. The minimum atomic E-state index is -0.563. The van der Waals surface area contributed by atoms with E-state index in [2.05, 4.69) is 43.3 Å². The van der Waals surface area contributed by atoms with E-state index in [0.717, 1.165) is 29.8 Å². The van der Waals surface area contributed by atoms with Crippen LogP contribution in [-0.4, -0.2) is 22.2 Å². The van der Waals surface area contributed by atoms with Gasteiger partial charge in [-0.1, -0.05) is 74.0 Å². The second-order valence-corrected chi connectivity index (χ2v) is 8.60. The van der Waals surface area contributed by atoms with Crippen molar-refractivity contribution < 1.29 is 5.11 Å². The van der Waals surface area contributed by atoms with Gasteiger partial charge < -0.3 is 10.8 Å². The summed E-state index contributed by atoms with van der Waals surface area (Å²) >= 11 is 1.78. The highest BCUT2D eigenvalue weighted by Gasteiger charge is 2.24. The fourth-order valence-corrected chi connectivity index (χ4v) is 4.66. The maximum absolute atomic E-state index is 10.9. The molecule has 3 atom stereocenters. The number of thiazole rings is 1. The van der Waals surface area contributed by atoms with Crippen molar-refractivity contribution in [2.45, 2.75) is 57.1 Å². The number of hydrogen-bond donors (Lipinski definition) is 2. The Morgan fingerprint density at radius 1 is 0.964 bits per heavy atom. The van der Waals surface area contributed by atoms with E-state index in [9.17, 15) is 5.11 Å². The fraction of sp³-hybridized carbons (Fsp3) is 0.375. The molecular weight excluding hydrogens is 364 g/mol. The lowest BCUT2D eigenvalue weighted by Gasteiger charge is -2.23. The second kappa shape index (κ2) is 10.5. The van der Waals surface area contributed by atoms with Crippen molar-refractivity contribution in [3.63, 3.8) is 0 Å². The molecule has 0 spiro atoms. The normalized spacial score (nSPS) is 14.5. The third-order valence-electron chi connectivity index (χ3n) is 5.08. The maximum Gasteiger partial charge on any atom is 0.0962 e. The van der Waals surface area contributed by atoms with Crippen LogP contribution in [0.15, 0.2) is 66.9 Å². The molecular formula is C24H30N2OS.